The van der Waals surface area contributed by atoms with Crippen LogP contribution in [0.4, 0.5) is 0 Å². The lowest BCUT2D eigenvalue weighted by Crippen LogP contribution is -2.02. The molecule has 0 aliphatic rings. The monoisotopic (exact) mass is 235 g/mol. The van der Waals surface area contributed by atoms with Gasteiger partial charge in [0.25, 0.3) is 0 Å². The smallest absolute Gasteiger partial charge is 0.111 e. The maximum Gasteiger partial charge on any atom is 0.111 e. The van der Waals surface area contributed by atoms with Crippen LogP contribution in [0.25, 0.3) is 11.0 Å². The molecule has 0 aliphatic carbocycles. The maximum atomic E-state index is 4.60. The molecular weight excluding hydrogens is 224 g/mol. The Kier molecular flexibility index (Phi) is 2.53. The third kappa shape index (κ3) is 2.01. The molecule has 81 valence electrons. The lowest BCUT2D eigenvalue weighted by Gasteiger charge is -1.96. The van der Waals surface area contributed by atoms with Crippen molar-refractivity contribution in [2.75, 3.05) is 0 Å². The van der Waals surface area contributed by atoms with Gasteiger partial charge in [0.05, 0.1) is 21.3 Å². The van der Waals surface area contributed by atoms with Gasteiger partial charge in [0.1, 0.15) is 5.82 Å². The van der Waals surface area contributed by atoms with Gasteiger partial charge in [-0.25, -0.2) is 4.98 Å². The number of nitrogens with zero attached hydrogens (tertiary/aromatic N) is 1. The van der Waals surface area contributed by atoms with E-state index in [0.29, 0.717) is 0 Å². The molecule has 17 heavy (non-hydrogen) atoms. The Morgan fingerprint density at radius 1 is 1.00 bits per heavy atom. The van der Waals surface area contributed by atoms with E-state index in [4.69, 9.17) is 0 Å². The Balaban J connectivity index is 1.99. The van der Waals surface area contributed by atoms with Gasteiger partial charge in [-0.2, -0.15) is 0 Å². The lowest BCUT2D eigenvalue weighted by atomic mass is 10.1. The first kappa shape index (κ1) is 10.3. The number of hydrogen-bond donors (Lipinski definition) is 1. The Labute approximate surface area is 103 Å². The van der Waals surface area contributed by atoms with Crippen molar-refractivity contribution in [1.82, 2.24) is 9.97 Å². The Bertz CT molecular complexity index is 644. The molecule has 0 amide bonds. The first-order valence-corrected chi connectivity index (χ1v) is 6.06. The fourth-order valence-electron chi connectivity index (χ4n) is 1.96. The highest BCUT2D eigenvalue weighted by Crippen LogP contribution is 2.11. The molecule has 0 unspecified atom stereocenters. The van der Waals surface area contributed by atoms with Crippen LogP contribution in [0.2, 0.25) is 0 Å². The summed E-state index contributed by atoms with van der Waals surface area (Å²) in [6.45, 7) is 0. The predicted octanol–water partition coefficient (Wildman–Crippen LogP) is 1.95. The summed E-state index contributed by atoms with van der Waals surface area (Å²) < 4.78 is 0. The largest absolute Gasteiger partial charge is 0.342 e. The molecule has 0 fully saturated rings. The first-order valence-electron chi connectivity index (χ1n) is 5.56. The van der Waals surface area contributed by atoms with E-state index in [9.17, 15) is 0 Å². The fraction of sp³-hybridized carbons (Fsp3) is 0.0714. The van der Waals surface area contributed by atoms with Crippen molar-refractivity contribution < 1.29 is 0 Å². The molecular formula is C14H11N2Si. The Morgan fingerprint density at radius 2 is 1.82 bits per heavy atom. The van der Waals surface area contributed by atoms with Gasteiger partial charge in [0.15, 0.2) is 0 Å². The van der Waals surface area contributed by atoms with Crippen LogP contribution >= 0.6 is 0 Å². The van der Waals surface area contributed by atoms with Gasteiger partial charge < -0.3 is 4.98 Å². The van der Waals surface area contributed by atoms with Crippen molar-refractivity contribution in [2.24, 2.45) is 0 Å². The topological polar surface area (TPSA) is 28.7 Å². The van der Waals surface area contributed by atoms with Crippen molar-refractivity contribution in [3.8, 4) is 0 Å². The van der Waals surface area contributed by atoms with Crippen LogP contribution < -0.4 is 5.19 Å². The van der Waals surface area contributed by atoms with E-state index >= 15 is 0 Å². The third-order valence-electron chi connectivity index (χ3n) is 2.78. The van der Waals surface area contributed by atoms with Crippen molar-refractivity contribution in [2.45, 2.75) is 6.42 Å². The van der Waals surface area contributed by atoms with E-state index in [2.05, 4.69) is 32.3 Å². The van der Waals surface area contributed by atoms with E-state index in [0.717, 1.165) is 28.5 Å². The summed E-state index contributed by atoms with van der Waals surface area (Å²) in [5.74, 6) is 0.997. The van der Waals surface area contributed by atoms with Gasteiger partial charge in [0.2, 0.25) is 0 Å². The van der Waals surface area contributed by atoms with Gasteiger partial charge >= 0.3 is 0 Å². The molecule has 0 aliphatic heterocycles. The highest BCUT2D eigenvalue weighted by Gasteiger charge is 2.04. The summed E-state index contributed by atoms with van der Waals surface area (Å²) in [6.07, 6.45) is 0.835. The molecule has 0 saturated heterocycles. The number of rotatable bonds is 2. The number of H-pyrrole nitrogens is 1. The fourth-order valence-corrected chi connectivity index (χ4v) is 2.24. The number of para-hydroxylation sites is 1. The van der Waals surface area contributed by atoms with Crippen LogP contribution in [-0.4, -0.2) is 20.2 Å². The first-order chi connectivity index (χ1) is 8.33. The summed E-state index contributed by atoms with van der Waals surface area (Å²) in [4.78, 5) is 7.95. The molecule has 3 rings (SSSR count). The maximum absolute atomic E-state index is 4.60. The van der Waals surface area contributed by atoms with Gasteiger partial charge in [-0.1, -0.05) is 42.5 Å². The summed E-state index contributed by atoms with van der Waals surface area (Å²) >= 11 is 0. The predicted molar refractivity (Wildman–Crippen MR) is 70.7 cm³/mol. The molecule has 3 heteroatoms. The van der Waals surface area contributed by atoms with Crippen molar-refractivity contribution in [3.63, 3.8) is 0 Å². The molecule has 0 atom stereocenters. The average Bonchev–Trinajstić information content (AvgIpc) is 2.74. The zero-order chi connectivity index (χ0) is 11.7. The van der Waals surface area contributed by atoms with Gasteiger partial charge in [-0.3, -0.25) is 0 Å². The molecule has 0 spiro atoms. The number of fused-ring (bicyclic) bond motifs is 1. The van der Waals surface area contributed by atoms with Crippen LogP contribution in [0.1, 0.15) is 11.4 Å². The van der Waals surface area contributed by atoms with Crippen LogP contribution in [0, 0.1) is 0 Å². The number of hydrogen-bond acceptors (Lipinski definition) is 1. The van der Waals surface area contributed by atoms with Gasteiger partial charge in [-0.15, -0.1) is 0 Å². The highest BCUT2D eigenvalue weighted by molar-refractivity contribution is 6.38. The minimum atomic E-state index is 0.835. The van der Waals surface area contributed by atoms with Crippen LogP contribution in [0.3, 0.4) is 0 Å². The van der Waals surface area contributed by atoms with E-state index < -0.39 is 0 Å². The molecule has 1 N–H and O–H groups in total. The number of aromatic amines is 1. The van der Waals surface area contributed by atoms with Crippen molar-refractivity contribution in [1.29, 1.82) is 0 Å². The van der Waals surface area contributed by atoms with Gasteiger partial charge in [-0.05, 0) is 16.8 Å². The third-order valence-corrected chi connectivity index (χ3v) is 3.18. The Morgan fingerprint density at radius 3 is 2.59 bits per heavy atom. The summed E-state index contributed by atoms with van der Waals surface area (Å²) in [6, 6.07) is 16.4. The highest BCUT2D eigenvalue weighted by atomic mass is 28.1. The van der Waals surface area contributed by atoms with Gasteiger partial charge in [0, 0.05) is 6.42 Å². The molecule has 1 heterocycles. The summed E-state index contributed by atoms with van der Waals surface area (Å²) in [7, 11) is 3.57. The zero-order valence-corrected chi connectivity index (χ0v) is 10.3. The molecule has 3 radical (unpaired) electrons. The second-order valence-corrected chi connectivity index (χ2v) is 4.59. The van der Waals surface area contributed by atoms with E-state index in [-0.39, 0.29) is 0 Å². The second kappa shape index (κ2) is 4.18. The molecule has 0 bridgehead atoms. The van der Waals surface area contributed by atoms with Crippen LogP contribution in [-0.2, 0) is 6.42 Å². The standard InChI is InChI=1S/C14H11N2Si/c17-12-8-4-7-11-14(12)16-13(15-11)9-10-5-2-1-3-6-10/h1-8H,9H2,(H,15,16). The number of benzene rings is 2. The summed E-state index contributed by atoms with van der Waals surface area (Å²) in [5, 5.41) is 1.03. The second-order valence-electron chi connectivity index (χ2n) is 4.05. The number of nitrogens with one attached hydrogen (secondary N) is 1. The quantitative estimate of drug-likeness (QED) is 0.676. The minimum absolute atomic E-state index is 0.835. The number of imidazole rings is 1. The lowest BCUT2D eigenvalue weighted by molar-refractivity contribution is 1.04. The SMILES string of the molecule is [Si]c1cccc2[nH]c(Cc3ccccc3)nc12. The molecule has 3 aromatic rings. The number of aromatic nitrogens is 2. The molecule has 2 aromatic carbocycles. The normalized spacial score (nSPS) is 10.9. The van der Waals surface area contributed by atoms with Crippen molar-refractivity contribution in [3.05, 3.63) is 59.9 Å². The molecule has 2 nitrogen and oxygen atoms in total. The van der Waals surface area contributed by atoms with E-state index in [1.165, 1.54) is 5.56 Å². The van der Waals surface area contributed by atoms with E-state index in [1.807, 2.05) is 36.4 Å². The minimum Gasteiger partial charge on any atom is -0.342 e. The molecule has 1 aromatic heterocycles. The zero-order valence-electron chi connectivity index (χ0n) is 9.27. The van der Waals surface area contributed by atoms with Crippen LogP contribution in [0.15, 0.2) is 48.5 Å². The van der Waals surface area contributed by atoms with E-state index in [1.54, 1.807) is 0 Å². The summed E-state index contributed by atoms with van der Waals surface area (Å²) in [5.41, 5.74) is 3.33. The molecule has 0 saturated carbocycles. The van der Waals surface area contributed by atoms with Crippen LogP contribution in [0.5, 0.6) is 0 Å². The van der Waals surface area contributed by atoms with Crippen molar-refractivity contribution >= 4 is 26.5 Å². The average molecular weight is 235 g/mol. The Hall–Kier alpha value is -1.87.